The van der Waals surface area contributed by atoms with Crippen molar-refractivity contribution in [2.24, 2.45) is 0 Å². The molecule has 0 rings (SSSR count). The molecule has 1 atom stereocenters. The largest absolute Gasteiger partial charge is 0.441 e. The number of rotatable bonds is 6. The van der Waals surface area contributed by atoms with Crippen molar-refractivity contribution in [3.63, 3.8) is 0 Å². The molecule has 13 heavy (non-hydrogen) atoms. The second-order valence-electron chi connectivity index (χ2n) is 2.32. The normalized spacial score (nSPS) is 14.5. The zero-order valence-corrected chi connectivity index (χ0v) is 8.82. The van der Waals surface area contributed by atoms with Crippen LogP contribution in [0, 0.1) is 0 Å². The highest BCUT2D eigenvalue weighted by molar-refractivity contribution is 8.00. The first-order chi connectivity index (χ1) is 5.92. The van der Waals surface area contributed by atoms with Crippen molar-refractivity contribution in [1.29, 1.82) is 0 Å². The fourth-order valence-electron chi connectivity index (χ4n) is 0.580. The fourth-order valence-corrected chi connectivity index (χ4v) is 1.49. The second-order valence-corrected chi connectivity index (χ2v) is 5.04. The molecule has 1 N–H and O–H groups in total. The number of alkyl halides is 3. The van der Waals surface area contributed by atoms with Gasteiger partial charge >= 0.3 is 5.51 Å². The minimum atomic E-state index is -4.14. The summed E-state index contributed by atoms with van der Waals surface area (Å²) in [6.07, 6.45) is 1.56. The van der Waals surface area contributed by atoms with Crippen LogP contribution < -0.4 is 5.32 Å². The van der Waals surface area contributed by atoms with Crippen LogP contribution in [0.15, 0.2) is 0 Å². The Morgan fingerprint density at radius 2 is 2.00 bits per heavy atom. The van der Waals surface area contributed by atoms with Crippen LogP contribution in [0.1, 0.15) is 0 Å². The van der Waals surface area contributed by atoms with Gasteiger partial charge in [-0.25, -0.2) is 0 Å². The Morgan fingerprint density at radius 3 is 2.46 bits per heavy atom. The molecule has 1 unspecified atom stereocenters. The number of halogens is 3. The molecule has 0 aromatic heterocycles. The Morgan fingerprint density at radius 1 is 1.38 bits per heavy atom. The van der Waals surface area contributed by atoms with E-state index in [4.69, 9.17) is 0 Å². The van der Waals surface area contributed by atoms with E-state index in [-0.39, 0.29) is 17.5 Å². The van der Waals surface area contributed by atoms with E-state index in [0.717, 1.165) is 0 Å². The molecule has 0 aliphatic heterocycles. The smallest absolute Gasteiger partial charge is 0.315 e. The number of hydrogen-bond donors (Lipinski definition) is 1. The van der Waals surface area contributed by atoms with Gasteiger partial charge in [-0.15, -0.1) is 0 Å². The van der Waals surface area contributed by atoms with Gasteiger partial charge in [-0.2, -0.15) is 13.2 Å². The Kier molecular flexibility index (Phi) is 6.79. The van der Waals surface area contributed by atoms with E-state index in [0.29, 0.717) is 18.8 Å². The maximum atomic E-state index is 11.6. The summed E-state index contributed by atoms with van der Waals surface area (Å²) in [5.41, 5.74) is -4.14. The second kappa shape index (κ2) is 6.67. The molecule has 0 bridgehead atoms. The SMILES string of the molecule is CS(=O)CCNCCSC(F)(F)F. The van der Waals surface area contributed by atoms with E-state index in [1.54, 1.807) is 6.26 Å². The van der Waals surface area contributed by atoms with E-state index >= 15 is 0 Å². The molecule has 0 spiro atoms. The van der Waals surface area contributed by atoms with Crippen LogP contribution in [0.25, 0.3) is 0 Å². The average molecular weight is 235 g/mol. The summed E-state index contributed by atoms with van der Waals surface area (Å²) in [6, 6.07) is 0. The Bertz CT molecular complexity index is 162. The van der Waals surface area contributed by atoms with Crippen LogP contribution >= 0.6 is 11.8 Å². The lowest BCUT2D eigenvalue weighted by Crippen LogP contribution is -2.23. The minimum Gasteiger partial charge on any atom is -0.315 e. The number of thioether (sulfide) groups is 1. The molecule has 0 fully saturated rings. The third-order valence-electron chi connectivity index (χ3n) is 1.11. The van der Waals surface area contributed by atoms with Crippen LogP contribution in [-0.2, 0) is 10.8 Å². The Labute approximate surface area is 82.1 Å². The monoisotopic (exact) mass is 235 g/mol. The van der Waals surface area contributed by atoms with Crippen LogP contribution in [0.2, 0.25) is 0 Å². The van der Waals surface area contributed by atoms with Crippen molar-refractivity contribution in [2.45, 2.75) is 5.51 Å². The summed E-state index contributed by atoms with van der Waals surface area (Å²) in [4.78, 5) is 0. The van der Waals surface area contributed by atoms with Gasteiger partial charge in [-0.1, -0.05) is 0 Å². The molecule has 0 aromatic rings. The van der Waals surface area contributed by atoms with Crippen molar-refractivity contribution in [1.82, 2.24) is 5.32 Å². The highest BCUT2D eigenvalue weighted by Gasteiger charge is 2.27. The highest BCUT2D eigenvalue weighted by Crippen LogP contribution is 2.29. The van der Waals surface area contributed by atoms with Crippen molar-refractivity contribution >= 4 is 22.6 Å². The zero-order valence-electron chi connectivity index (χ0n) is 7.19. The third kappa shape index (κ3) is 12.2. The summed E-state index contributed by atoms with van der Waals surface area (Å²) < 4.78 is 45.3. The average Bonchev–Trinajstić information content (AvgIpc) is 1.93. The van der Waals surface area contributed by atoms with E-state index < -0.39 is 16.3 Å². The predicted molar refractivity (Wildman–Crippen MR) is 50.3 cm³/mol. The fraction of sp³-hybridized carbons (Fsp3) is 1.00. The minimum absolute atomic E-state index is 0.000150. The molecule has 0 amide bonds. The van der Waals surface area contributed by atoms with E-state index in [1.807, 2.05) is 0 Å². The van der Waals surface area contributed by atoms with Gasteiger partial charge in [0.05, 0.1) is 0 Å². The summed E-state index contributed by atoms with van der Waals surface area (Å²) in [5.74, 6) is 0.483. The summed E-state index contributed by atoms with van der Waals surface area (Å²) in [7, 11) is -0.880. The van der Waals surface area contributed by atoms with Gasteiger partial charge in [0.15, 0.2) is 0 Å². The van der Waals surface area contributed by atoms with E-state index in [1.165, 1.54) is 0 Å². The molecule has 0 saturated carbocycles. The van der Waals surface area contributed by atoms with Gasteiger partial charge in [0.25, 0.3) is 0 Å². The quantitative estimate of drug-likeness (QED) is 0.702. The van der Waals surface area contributed by atoms with E-state index in [9.17, 15) is 17.4 Å². The molecule has 0 aromatic carbocycles. The molecular weight excluding hydrogens is 223 g/mol. The third-order valence-corrected chi connectivity index (χ3v) is 2.63. The number of nitrogens with one attached hydrogen (secondary N) is 1. The molecule has 0 saturated heterocycles. The van der Waals surface area contributed by atoms with Crippen molar-refractivity contribution in [3.05, 3.63) is 0 Å². The number of hydrogen-bond acceptors (Lipinski definition) is 3. The molecule has 0 aliphatic rings. The molecular formula is C6H12F3NOS2. The van der Waals surface area contributed by atoms with Gasteiger partial charge in [0.2, 0.25) is 0 Å². The van der Waals surface area contributed by atoms with Crippen LogP contribution in [0.5, 0.6) is 0 Å². The lowest BCUT2D eigenvalue weighted by molar-refractivity contribution is -0.0327. The molecule has 0 aliphatic carbocycles. The maximum Gasteiger partial charge on any atom is 0.441 e. The van der Waals surface area contributed by atoms with Crippen LogP contribution in [-0.4, -0.2) is 40.6 Å². The predicted octanol–water partition coefficient (Wildman–Crippen LogP) is 1.21. The van der Waals surface area contributed by atoms with E-state index in [2.05, 4.69) is 5.32 Å². The van der Waals surface area contributed by atoms with Crippen LogP contribution in [0.3, 0.4) is 0 Å². The zero-order chi connectivity index (χ0) is 10.3. The van der Waals surface area contributed by atoms with Gasteiger partial charge in [0.1, 0.15) is 0 Å². The lowest BCUT2D eigenvalue weighted by Gasteiger charge is -2.05. The Hall–Kier alpha value is 0.250. The van der Waals surface area contributed by atoms with Crippen LogP contribution in [0.4, 0.5) is 13.2 Å². The maximum absolute atomic E-state index is 11.6. The Balaban J connectivity index is 3.13. The topological polar surface area (TPSA) is 29.1 Å². The summed E-state index contributed by atoms with van der Waals surface area (Å²) in [6.45, 7) is 0.795. The standard InChI is InChI=1S/C6H12F3NOS2/c1-13(11)5-3-10-2-4-12-6(7,8)9/h10H,2-5H2,1H3. The van der Waals surface area contributed by atoms with Crippen molar-refractivity contribution in [3.8, 4) is 0 Å². The van der Waals surface area contributed by atoms with Gasteiger partial charge in [-0.3, -0.25) is 4.21 Å². The summed E-state index contributed by atoms with van der Waals surface area (Å²) >= 11 is -0.0460. The molecule has 2 nitrogen and oxygen atoms in total. The first-order valence-electron chi connectivity index (χ1n) is 3.63. The lowest BCUT2D eigenvalue weighted by atomic mass is 10.7. The van der Waals surface area contributed by atoms with Crippen molar-refractivity contribution < 1.29 is 17.4 Å². The van der Waals surface area contributed by atoms with Gasteiger partial charge < -0.3 is 5.32 Å². The molecule has 0 radical (unpaired) electrons. The van der Waals surface area contributed by atoms with Gasteiger partial charge in [-0.05, 0) is 11.8 Å². The highest BCUT2D eigenvalue weighted by atomic mass is 32.2. The van der Waals surface area contributed by atoms with Crippen molar-refractivity contribution in [2.75, 3.05) is 30.9 Å². The molecule has 7 heteroatoms. The van der Waals surface area contributed by atoms with Gasteiger partial charge in [0, 0.05) is 41.7 Å². The first-order valence-corrected chi connectivity index (χ1v) is 6.34. The molecule has 80 valence electrons. The summed E-state index contributed by atoms with van der Waals surface area (Å²) in [5, 5.41) is 2.78. The molecule has 0 heterocycles. The first kappa shape index (κ1) is 13.2.